The van der Waals surface area contributed by atoms with Crippen LogP contribution in [0.1, 0.15) is 12.0 Å². The molecule has 20 heavy (non-hydrogen) atoms. The molecule has 0 spiro atoms. The molecule has 3 nitrogen and oxygen atoms in total. The summed E-state index contributed by atoms with van der Waals surface area (Å²) in [5.74, 6) is 0. The molecule has 0 aromatic heterocycles. The average molecular weight is 287 g/mol. The summed E-state index contributed by atoms with van der Waals surface area (Å²) in [6.07, 6.45) is 0.380. The van der Waals surface area contributed by atoms with Gasteiger partial charge in [-0.15, -0.1) is 0 Å². The predicted octanol–water partition coefficient (Wildman–Crippen LogP) is 3.88. The number of aliphatic hydroxyl groups excluding tert-OH is 1. The second kappa shape index (κ2) is 6.95. The normalized spacial score (nSPS) is 10.1. The second-order valence-corrected chi connectivity index (χ2v) is 4.71. The Balaban J connectivity index is 2.50. The van der Waals surface area contributed by atoms with Gasteiger partial charge in [-0.25, -0.2) is 0 Å². The van der Waals surface area contributed by atoms with Crippen LogP contribution in [0.5, 0.6) is 0 Å². The van der Waals surface area contributed by atoms with Crippen molar-refractivity contribution in [3.05, 3.63) is 59.1 Å². The van der Waals surface area contributed by atoms with Gasteiger partial charge in [-0.3, -0.25) is 0 Å². The van der Waals surface area contributed by atoms with E-state index in [9.17, 15) is 5.11 Å². The third-order valence-corrected chi connectivity index (χ3v) is 3.33. The molecule has 0 bridgehead atoms. The fraction of sp³-hybridized carbons (Fsp3) is 0.188. The van der Waals surface area contributed by atoms with Crippen LogP contribution in [0.15, 0.2) is 48.5 Å². The lowest BCUT2D eigenvalue weighted by Gasteiger charge is -2.27. The molecule has 0 heterocycles. The predicted molar refractivity (Wildman–Crippen MR) is 81.1 cm³/mol. The van der Waals surface area contributed by atoms with Crippen molar-refractivity contribution in [2.24, 2.45) is 0 Å². The van der Waals surface area contributed by atoms with Crippen molar-refractivity contribution in [2.45, 2.75) is 13.0 Å². The smallest absolute Gasteiger partial charge is 0.0702 e. The van der Waals surface area contributed by atoms with Crippen molar-refractivity contribution >= 4 is 23.0 Å². The van der Waals surface area contributed by atoms with E-state index < -0.39 is 0 Å². The van der Waals surface area contributed by atoms with Crippen molar-refractivity contribution in [1.82, 2.24) is 0 Å². The highest BCUT2D eigenvalue weighted by atomic mass is 35.5. The van der Waals surface area contributed by atoms with Crippen molar-refractivity contribution in [2.75, 3.05) is 11.4 Å². The molecule has 0 aliphatic carbocycles. The van der Waals surface area contributed by atoms with Crippen LogP contribution in [0.3, 0.4) is 0 Å². The molecule has 0 atom stereocenters. The molecule has 0 aliphatic rings. The lowest BCUT2D eigenvalue weighted by molar-refractivity contribution is 0.282. The quantitative estimate of drug-likeness (QED) is 0.907. The van der Waals surface area contributed by atoms with E-state index in [1.165, 1.54) is 0 Å². The Labute approximate surface area is 123 Å². The van der Waals surface area contributed by atoms with Gasteiger partial charge in [0.1, 0.15) is 0 Å². The highest BCUT2D eigenvalue weighted by molar-refractivity contribution is 6.33. The summed E-state index contributed by atoms with van der Waals surface area (Å²) in [6, 6.07) is 17.3. The lowest BCUT2D eigenvalue weighted by atomic mass is 10.1. The Kier molecular flexibility index (Phi) is 5.00. The van der Waals surface area contributed by atoms with Crippen LogP contribution in [0.2, 0.25) is 5.02 Å². The Morgan fingerprint density at radius 1 is 1.10 bits per heavy atom. The maximum Gasteiger partial charge on any atom is 0.0702 e. The maximum absolute atomic E-state index is 9.51. The molecule has 0 radical (unpaired) electrons. The SMILES string of the molecule is N#CCCN(c1ccccc1)c1c(Cl)cccc1CO. The number of benzene rings is 2. The van der Waals surface area contributed by atoms with Gasteiger partial charge >= 0.3 is 0 Å². The largest absolute Gasteiger partial charge is 0.392 e. The maximum atomic E-state index is 9.51. The molecule has 4 heteroatoms. The molecule has 1 N–H and O–H groups in total. The average Bonchev–Trinajstić information content (AvgIpc) is 2.50. The molecule has 0 saturated carbocycles. The van der Waals surface area contributed by atoms with Crippen LogP contribution in [0.25, 0.3) is 0 Å². The van der Waals surface area contributed by atoms with Crippen molar-refractivity contribution in [1.29, 1.82) is 5.26 Å². The number of rotatable bonds is 5. The molecule has 0 unspecified atom stereocenters. The number of nitriles is 1. The second-order valence-electron chi connectivity index (χ2n) is 4.30. The molecular formula is C16H15ClN2O. The number of hydrogen-bond acceptors (Lipinski definition) is 3. The molecule has 2 rings (SSSR count). The van der Waals surface area contributed by atoms with Gasteiger partial charge < -0.3 is 10.0 Å². The molecule has 0 saturated heterocycles. The summed E-state index contributed by atoms with van der Waals surface area (Å²) in [5, 5.41) is 18.9. The minimum atomic E-state index is -0.0915. The first kappa shape index (κ1) is 14.4. The zero-order valence-electron chi connectivity index (χ0n) is 11.0. The van der Waals surface area contributed by atoms with Gasteiger partial charge in [0.25, 0.3) is 0 Å². The lowest BCUT2D eigenvalue weighted by Crippen LogP contribution is -2.20. The number of para-hydroxylation sites is 2. The molecule has 0 fully saturated rings. The Hall–Kier alpha value is -2.02. The number of hydrogen-bond donors (Lipinski definition) is 1. The van der Waals surface area contributed by atoms with Crippen LogP contribution in [-0.2, 0) is 6.61 Å². The summed E-state index contributed by atoms with van der Waals surface area (Å²) in [4.78, 5) is 1.97. The van der Waals surface area contributed by atoms with E-state index in [2.05, 4.69) is 6.07 Å². The van der Waals surface area contributed by atoms with Gasteiger partial charge in [0, 0.05) is 17.8 Å². The van der Waals surface area contributed by atoms with E-state index in [0.29, 0.717) is 18.0 Å². The molecule has 2 aromatic rings. The minimum Gasteiger partial charge on any atom is -0.392 e. The van der Waals surface area contributed by atoms with Crippen LogP contribution in [0, 0.1) is 11.3 Å². The highest BCUT2D eigenvalue weighted by Crippen LogP contribution is 2.35. The van der Waals surface area contributed by atoms with Gasteiger partial charge in [0.2, 0.25) is 0 Å². The van der Waals surface area contributed by atoms with Crippen LogP contribution in [0.4, 0.5) is 11.4 Å². The summed E-state index contributed by atoms with van der Waals surface area (Å²) in [5.41, 5.74) is 2.46. The number of anilines is 2. The fourth-order valence-electron chi connectivity index (χ4n) is 2.13. The van der Waals surface area contributed by atoms with Gasteiger partial charge in [0.15, 0.2) is 0 Å². The minimum absolute atomic E-state index is 0.0915. The zero-order chi connectivity index (χ0) is 14.4. The van der Waals surface area contributed by atoms with E-state index in [1.807, 2.05) is 47.4 Å². The van der Waals surface area contributed by atoms with Gasteiger partial charge in [-0.1, -0.05) is 41.9 Å². The van der Waals surface area contributed by atoms with E-state index >= 15 is 0 Å². The van der Waals surface area contributed by atoms with Gasteiger partial charge in [-0.05, 0) is 18.2 Å². The third-order valence-electron chi connectivity index (χ3n) is 3.03. The Bertz CT molecular complexity index is 608. The Morgan fingerprint density at radius 3 is 2.50 bits per heavy atom. The molecule has 2 aromatic carbocycles. The van der Waals surface area contributed by atoms with Crippen LogP contribution < -0.4 is 4.90 Å². The zero-order valence-corrected chi connectivity index (χ0v) is 11.7. The first-order valence-electron chi connectivity index (χ1n) is 6.35. The first-order valence-corrected chi connectivity index (χ1v) is 6.73. The topological polar surface area (TPSA) is 47.3 Å². The van der Waals surface area contributed by atoms with Gasteiger partial charge in [-0.2, -0.15) is 5.26 Å². The summed E-state index contributed by atoms with van der Waals surface area (Å²) < 4.78 is 0. The Morgan fingerprint density at radius 2 is 1.85 bits per heavy atom. The summed E-state index contributed by atoms with van der Waals surface area (Å²) in [7, 11) is 0. The molecular weight excluding hydrogens is 272 g/mol. The van der Waals surface area contributed by atoms with E-state index in [1.54, 1.807) is 6.07 Å². The molecule has 102 valence electrons. The number of aliphatic hydroxyl groups is 1. The monoisotopic (exact) mass is 286 g/mol. The summed E-state index contributed by atoms with van der Waals surface area (Å²) in [6.45, 7) is 0.434. The standard InChI is InChI=1S/C16H15ClN2O/c17-15-9-4-6-13(12-20)16(15)19(11-5-10-18)14-7-2-1-3-8-14/h1-4,6-9,20H,5,11-12H2. The molecule has 0 amide bonds. The van der Waals surface area contributed by atoms with E-state index in [4.69, 9.17) is 16.9 Å². The van der Waals surface area contributed by atoms with Crippen molar-refractivity contribution in [3.63, 3.8) is 0 Å². The summed E-state index contributed by atoms with van der Waals surface area (Å²) >= 11 is 6.30. The number of halogens is 1. The molecule has 0 aliphatic heterocycles. The van der Waals surface area contributed by atoms with Crippen molar-refractivity contribution in [3.8, 4) is 6.07 Å². The third kappa shape index (κ3) is 3.11. The van der Waals surface area contributed by atoms with Gasteiger partial charge in [0.05, 0.1) is 29.8 Å². The van der Waals surface area contributed by atoms with Crippen LogP contribution in [-0.4, -0.2) is 11.7 Å². The van der Waals surface area contributed by atoms with E-state index in [0.717, 1.165) is 16.9 Å². The number of nitrogens with zero attached hydrogens (tertiary/aromatic N) is 2. The highest BCUT2D eigenvalue weighted by Gasteiger charge is 2.16. The van der Waals surface area contributed by atoms with Crippen LogP contribution >= 0.6 is 11.6 Å². The van der Waals surface area contributed by atoms with E-state index in [-0.39, 0.29) is 6.61 Å². The van der Waals surface area contributed by atoms with Crippen molar-refractivity contribution < 1.29 is 5.11 Å². The fourth-order valence-corrected chi connectivity index (χ4v) is 2.43. The first-order chi connectivity index (χ1) is 9.77.